The van der Waals surface area contributed by atoms with Gasteiger partial charge in [0.2, 0.25) is 0 Å². The van der Waals surface area contributed by atoms with Gasteiger partial charge < -0.3 is 5.32 Å². The van der Waals surface area contributed by atoms with Crippen LogP contribution in [0.4, 0.5) is 11.4 Å². The lowest BCUT2D eigenvalue weighted by Gasteiger charge is -2.35. The number of hydrogen-bond donors (Lipinski definition) is 1. The normalized spacial score (nSPS) is 18.6. The van der Waals surface area contributed by atoms with Gasteiger partial charge in [-0.2, -0.15) is 0 Å². The summed E-state index contributed by atoms with van der Waals surface area (Å²) in [6, 6.07) is 30.0. The van der Waals surface area contributed by atoms with Crippen LogP contribution >= 0.6 is 23.2 Å². The number of nitrogens with zero attached hydrogens (tertiary/aromatic N) is 1. The Hall–Kier alpha value is -3.86. The van der Waals surface area contributed by atoms with E-state index >= 15 is 0 Å². The van der Waals surface area contributed by atoms with Crippen molar-refractivity contribution >= 4 is 46.3 Å². The highest BCUT2D eigenvalue weighted by Crippen LogP contribution is 2.48. The van der Waals surface area contributed by atoms with Gasteiger partial charge in [-0.25, -0.2) is 0 Å². The fraction of sp³-hybridized carbons (Fsp3) is 0.152. The molecule has 1 amide bonds. The molecule has 2 atom stereocenters. The maximum absolute atomic E-state index is 14.2. The highest BCUT2D eigenvalue weighted by atomic mass is 35.5. The molecule has 4 nitrogen and oxygen atoms in total. The van der Waals surface area contributed by atoms with Crippen molar-refractivity contribution in [2.24, 2.45) is 0 Å². The van der Waals surface area contributed by atoms with Gasteiger partial charge in [0.15, 0.2) is 5.78 Å². The summed E-state index contributed by atoms with van der Waals surface area (Å²) in [4.78, 5) is 30.1. The molecule has 6 heteroatoms. The molecular weight excluding hydrogens is 527 g/mol. The van der Waals surface area contributed by atoms with Crippen molar-refractivity contribution in [1.82, 2.24) is 0 Å². The zero-order valence-corrected chi connectivity index (χ0v) is 22.8. The summed E-state index contributed by atoms with van der Waals surface area (Å²) < 4.78 is 0. The molecular formula is C33H26Cl2N2O2. The van der Waals surface area contributed by atoms with Crippen LogP contribution in [0.1, 0.15) is 51.8 Å². The minimum Gasteiger partial charge on any atom is -0.357 e. The van der Waals surface area contributed by atoms with Crippen LogP contribution in [0.25, 0.3) is 0 Å². The van der Waals surface area contributed by atoms with Crippen molar-refractivity contribution in [2.75, 3.05) is 10.2 Å². The maximum atomic E-state index is 14.2. The smallest absolute Gasteiger partial charge is 0.259 e. The van der Waals surface area contributed by atoms with Gasteiger partial charge in [0.1, 0.15) is 0 Å². The van der Waals surface area contributed by atoms with E-state index in [0.29, 0.717) is 34.0 Å². The Bertz CT molecular complexity index is 1610. The summed E-state index contributed by atoms with van der Waals surface area (Å²) >= 11 is 12.5. The van der Waals surface area contributed by atoms with Crippen molar-refractivity contribution in [3.05, 3.63) is 141 Å². The molecule has 0 bridgehead atoms. The third-order valence-corrected chi connectivity index (χ3v) is 8.28. The van der Waals surface area contributed by atoms with Gasteiger partial charge in [0.05, 0.1) is 27.5 Å². The average molecular weight is 553 g/mol. The van der Waals surface area contributed by atoms with Gasteiger partial charge in [-0.05, 0) is 66.8 Å². The Morgan fingerprint density at radius 2 is 1.51 bits per heavy atom. The van der Waals surface area contributed by atoms with E-state index in [1.165, 1.54) is 0 Å². The summed E-state index contributed by atoms with van der Waals surface area (Å²) in [5.74, 6) is -0.228. The highest BCUT2D eigenvalue weighted by Gasteiger charge is 2.41. The molecule has 194 valence electrons. The van der Waals surface area contributed by atoms with Crippen molar-refractivity contribution in [1.29, 1.82) is 0 Å². The van der Waals surface area contributed by atoms with Crippen molar-refractivity contribution in [3.63, 3.8) is 0 Å². The van der Waals surface area contributed by atoms with Crippen LogP contribution in [0.15, 0.2) is 108 Å². The number of ketones is 1. The second-order valence-corrected chi connectivity index (χ2v) is 10.9. The average Bonchev–Trinajstić information content (AvgIpc) is 3.10. The largest absolute Gasteiger partial charge is 0.357 e. The molecule has 0 saturated heterocycles. The van der Waals surface area contributed by atoms with E-state index < -0.39 is 6.04 Å². The number of hydrogen-bond acceptors (Lipinski definition) is 3. The molecule has 0 spiro atoms. The number of halogens is 2. The molecule has 1 N–H and O–H groups in total. The molecule has 4 aromatic rings. The molecule has 2 aliphatic rings. The number of allylic oxidation sites excluding steroid dienone is 1. The number of para-hydroxylation sites is 2. The van der Waals surface area contributed by atoms with E-state index in [9.17, 15) is 9.59 Å². The van der Waals surface area contributed by atoms with E-state index in [1.54, 1.807) is 11.0 Å². The second-order valence-electron chi connectivity index (χ2n) is 10.1. The number of amides is 1. The molecule has 1 aliphatic carbocycles. The number of nitrogens with one attached hydrogen (secondary N) is 1. The summed E-state index contributed by atoms with van der Waals surface area (Å²) in [5, 5.41) is 4.53. The summed E-state index contributed by atoms with van der Waals surface area (Å²) in [6.07, 6.45) is 0.910. The molecule has 39 heavy (non-hydrogen) atoms. The second kappa shape index (κ2) is 10.4. The van der Waals surface area contributed by atoms with Gasteiger partial charge in [-0.15, -0.1) is 0 Å². The zero-order chi connectivity index (χ0) is 27.1. The topological polar surface area (TPSA) is 49.4 Å². The van der Waals surface area contributed by atoms with Crippen LogP contribution in [0, 0.1) is 6.92 Å². The van der Waals surface area contributed by atoms with Gasteiger partial charge in [-0.3, -0.25) is 14.5 Å². The Kier molecular flexibility index (Phi) is 6.76. The number of Topliss-reactive ketones (excluding diaryl/α,β-unsaturated/α-hetero) is 1. The van der Waals surface area contributed by atoms with Crippen LogP contribution in [0.2, 0.25) is 10.0 Å². The molecule has 0 fully saturated rings. The third kappa shape index (κ3) is 4.75. The number of carbonyl (C=O) groups excluding carboxylic acids is 2. The van der Waals surface area contributed by atoms with E-state index in [0.717, 1.165) is 33.8 Å². The Balaban J connectivity index is 1.55. The number of aryl methyl sites for hydroxylation is 1. The number of rotatable bonds is 3. The predicted octanol–water partition coefficient (Wildman–Crippen LogP) is 8.52. The minimum absolute atomic E-state index is 0.00376. The van der Waals surface area contributed by atoms with E-state index in [-0.39, 0.29) is 17.6 Å². The lowest BCUT2D eigenvalue weighted by molar-refractivity contribution is -0.116. The first-order chi connectivity index (χ1) is 18.9. The summed E-state index contributed by atoms with van der Waals surface area (Å²) in [5.41, 5.74) is 6.47. The summed E-state index contributed by atoms with van der Waals surface area (Å²) in [6.45, 7) is 2.03. The summed E-state index contributed by atoms with van der Waals surface area (Å²) in [7, 11) is 0. The van der Waals surface area contributed by atoms with Gasteiger partial charge >= 0.3 is 0 Å². The maximum Gasteiger partial charge on any atom is 0.259 e. The minimum atomic E-state index is -0.591. The van der Waals surface area contributed by atoms with Gasteiger partial charge in [0.25, 0.3) is 5.91 Å². The Labute approximate surface area is 237 Å². The van der Waals surface area contributed by atoms with Crippen LogP contribution in [-0.4, -0.2) is 11.7 Å². The first kappa shape index (κ1) is 25.4. The number of carbonyl (C=O) groups is 2. The van der Waals surface area contributed by atoms with Crippen LogP contribution in [-0.2, 0) is 4.79 Å². The van der Waals surface area contributed by atoms with Crippen LogP contribution < -0.4 is 10.2 Å². The highest BCUT2D eigenvalue weighted by molar-refractivity contribution is 6.42. The SMILES string of the molecule is Cc1ccc([C@@H]2C3=C(C[C@H](c4ccc(Cl)c(Cl)c4)CC3=O)Nc3ccccc3N2C(=O)c2ccccc2)cc1. The van der Waals surface area contributed by atoms with E-state index in [2.05, 4.69) is 5.32 Å². The van der Waals surface area contributed by atoms with E-state index in [4.69, 9.17) is 23.2 Å². The predicted molar refractivity (Wildman–Crippen MR) is 158 cm³/mol. The molecule has 1 heterocycles. The molecule has 6 rings (SSSR count). The van der Waals surface area contributed by atoms with Crippen molar-refractivity contribution < 1.29 is 9.59 Å². The number of benzene rings is 4. The van der Waals surface area contributed by atoms with Gasteiger partial charge in [-0.1, -0.05) is 89.4 Å². The third-order valence-electron chi connectivity index (χ3n) is 7.54. The lowest BCUT2D eigenvalue weighted by Crippen LogP contribution is -2.38. The molecule has 0 unspecified atom stereocenters. The molecule has 0 radical (unpaired) electrons. The van der Waals surface area contributed by atoms with E-state index in [1.807, 2.05) is 97.9 Å². The first-order valence-corrected chi connectivity index (χ1v) is 13.7. The molecule has 4 aromatic carbocycles. The standard InChI is InChI=1S/C33H26Cl2N2O2/c1-20-11-13-21(14-12-20)32-31-28(18-24(19-30(31)38)23-15-16-25(34)26(35)17-23)36-27-9-5-6-10-29(27)37(32)33(39)22-7-3-2-4-8-22/h2-17,24,32,36H,18-19H2,1H3/t24-,32+/m0/s1. The quantitative estimate of drug-likeness (QED) is 0.277. The van der Waals surface area contributed by atoms with Gasteiger partial charge in [0, 0.05) is 23.3 Å². The van der Waals surface area contributed by atoms with Crippen molar-refractivity contribution in [2.45, 2.75) is 31.7 Å². The first-order valence-electron chi connectivity index (χ1n) is 12.9. The molecule has 0 saturated carbocycles. The molecule has 0 aromatic heterocycles. The number of fused-ring (bicyclic) bond motifs is 1. The molecule has 1 aliphatic heterocycles. The Morgan fingerprint density at radius 3 is 2.26 bits per heavy atom. The van der Waals surface area contributed by atoms with Crippen LogP contribution in [0.3, 0.4) is 0 Å². The van der Waals surface area contributed by atoms with Crippen LogP contribution in [0.5, 0.6) is 0 Å². The fourth-order valence-electron chi connectivity index (χ4n) is 5.60. The zero-order valence-electron chi connectivity index (χ0n) is 21.3. The monoisotopic (exact) mass is 552 g/mol. The fourth-order valence-corrected chi connectivity index (χ4v) is 5.91. The lowest BCUT2D eigenvalue weighted by atomic mass is 9.78. The number of anilines is 2. The Morgan fingerprint density at radius 1 is 0.821 bits per heavy atom. The van der Waals surface area contributed by atoms with Crippen molar-refractivity contribution in [3.8, 4) is 0 Å².